The fraction of sp³-hybridized carbons (Fsp3) is 0.364. The van der Waals surface area contributed by atoms with Gasteiger partial charge in [-0.25, -0.2) is 9.78 Å². The van der Waals surface area contributed by atoms with Crippen LogP contribution < -0.4 is 5.32 Å². The Balaban J connectivity index is 1.34. The molecular formula is C22H27N5O. The Hall–Kier alpha value is -2.86. The third-order valence-corrected chi connectivity index (χ3v) is 5.53. The topological polar surface area (TPSA) is 64.3 Å². The van der Waals surface area contributed by atoms with E-state index in [4.69, 9.17) is 0 Å². The summed E-state index contributed by atoms with van der Waals surface area (Å²) in [6.45, 7) is 4.06. The molecule has 6 nitrogen and oxygen atoms in total. The van der Waals surface area contributed by atoms with E-state index in [2.05, 4.69) is 64.5 Å². The van der Waals surface area contributed by atoms with Gasteiger partial charge in [-0.15, -0.1) is 0 Å². The van der Waals surface area contributed by atoms with Gasteiger partial charge in [0.1, 0.15) is 5.82 Å². The maximum atomic E-state index is 12.6. The van der Waals surface area contributed by atoms with Gasteiger partial charge in [0.25, 0.3) is 0 Å². The van der Waals surface area contributed by atoms with Crippen LogP contribution in [0, 0.1) is 6.92 Å². The maximum Gasteiger partial charge on any atom is 0.317 e. The average Bonchev–Trinajstić information content (AvgIpc) is 3.07. The monoisotopic (exact) mass is 377 g/mol. The Bertz CT molecular complexity index is 996. The molecule has 4 rings (SSSR count). The van der Waals surface area contributed by atoms with Crippen LogP contribution in [-0.4, -0.2) is 52.5 Å². The van der Waals surface area contributed by atoms with Gasteiger partial charge in [-0.05, 0) is 49.2 Å². The number of aromatic amines is 1. The van der Waals surface area contributed by atoms with Crippen LogP contribution in [-0.2, 0) is 19.5 Å². The zero-order chi connectivity index (χ0) is 19.7. The molecule has 2 N–H and O–H groups in total. The summed E-state index contributed by atoms with van der Waals surface area (Å²) < 4.78 is 0. The van der Waals surface area contributed by atoms with Crippen LogP contribution in [0.5, 0.6) is 0 Å². The third kappa shape index (κ3) is 3.87. The lowest BCUT2D eigenvalue weighted by atomic mass is 9.94. The molecule has 1 aliphatic rings. The smallest absolute Gasteiger partial charge is 0.317 e. The summed E-state index contributed by atoms with van der Waals surface area (Å²) in [5.74, 6) is 0.793. The van der Waals surface area contributed by atoms with Gasteiger partial charge in [0.05, 0.1) is 17.6 Å². The molecule has 0 radical (unpaired) electrons. The van der Waals surface area contributed by atoms with Crippen LogP contribution in [0.1, 0.15) is 22.5 Å². The largest absolute Gasteiger partial charge is 0.340 e. The van der Waals surface area contributed by atoms with Crippen molar-refractivity contribution in [1.82, 2.24) is 25.1 Å². The zero-order valence-corrected chi connectivity index (χ0v) is 16.7. The van der Waals surface area contributed by atoms with Gasteiger partial charge in [-0.3, -0.25) is 4.90 Å². The first-order valence-corrected chi connectivity index (χ1v) is 9.71. The summed E-state index contributed by atoms with van der Waals surface area (Å²) in [6, 6.07) is 14.9. The second-order valence-corrected chi connectivity index (χ2v) is 7.79. The van der Waals surface area contributed by atoms with Crippen molar-refractivity contribution in [1.29, 1.82) is 0 Å². The standard InChI is InChI=1S/C22H27N5O/c1-15-8-9-19-20(10-15)25-21(24-19)14-27(3)22(28)23-12-18-11-16-6-4-5-7-17(16)13-26(18)2/h4-10,18H,11-14H2,1-3H3,(H,23,28)(H,24,25)/t18-/m0/s1. The molecule has 1 aromatic heterocycles. The van der Waals surface area contributed by atoms with E-state index in [9.17, 15) is 4.79 Å². The Morgan fingerprint density at radius 1 is 1.29 bits per heavy atom. The summed E-state index contributed by atoms with van der Waals surface area (Å²) in [5.41, 5.74) is 5.88. The number of likely N-dealkylation sites (N-methyl/N-ethyl adjacent to an activating group) is 1. The lowest BCUT2D eigenvalue weighted by Gasteiger charge is -2.34. The summed E-state index contributed by atoms with van der Waals surface area (Å²) in [6.07, 6.45) is 0.958. The highest BCUT2D eigenvalue weighted by atomic mass is 16.2. The van der Waals surface area contributed by atoms with E-state index in [-0.39, 0.29) is 6.03 Å². The number of hydrogen-bond donors (Lipinski definition) is 2. The number of nitrogens with one attached hydrogen (secondary N) is 2. The minimum absolute atomic E-state index is 0.0797. The molecule has 1 atom stereocenters. The summed E-state index contributed by atoms with van der Waals surface area (Å²) in [4.78, 5) is 24.4. The van der Waals surface area contributed by atoms with E-state index in [0.29, 0.717) is 19.1 Å². The van der Waals surface area contributed by atoms with E-state index in [0.717, 1.165) is 29.8 Å². The number of urea groups is 1. The van der Waals surface area contributed by atoms with Crippen molar-refractivity contribution in [2.45, 2.75) is 32.5 Å². The number of fused-ring (bicyclic) bond motifs is 2. The van der Waals surface area contributed by atoms with Crippen LogP contribution in [0.2, 0.25) is 0 Å². The third-order valence-electron chi connectivity index (χ3n) is 5.53. The number of rotatable bonds is 4. The fourth-order valence-electron chi connectivity index (χ4n) is 3.83. The number of imidazole rings is 1. The number of amides is 2. The van der Waals surface area contributed by atoms with Gasteiger partial charge >= 0.3 is 6.03 Å². The average molecular weight is 377 g/mol. The molecule has 0 spiro atoms. The second kappa shape index (κ2) is 7.64. The molecule has 6 heteroatoms. The van der Waals surface area contributed by atoms with Crippen molar-refractivity contribution in [3.05, 3.63) is 65.0 Å². The predicted octanol–water partition coefficient (Wildman–Crippen LogP) is 3.07. The molecule has 0 bridgehead atoms. The SMILES string of the molecule is Cc1ccc2nc(CN(C)C(=O)NC[C@@H]3Cc4ccccc4CN3C)[nH]c2c1. The van der Waals surface area contributed by atoms with Gasteiger partial charge in [-0.2, -0.15) is 0 Å². The molecule has 0 saturated heterocycles. The Labute approximate surface area is 165 Å². The zero-order valence-electron chi connectivity index (χ0n) is 16.7. The Kier molecular flexibility index (Phi) is 5.05. The van der Waals surface area contributed by atoms with Crippen LogP contribution in [0.25, 0.3) is 11.0 Å². The first-order chi connectivity index (χ1) is 13.5. The summed E-state index contributed by atoms with van der Waals surface area (Å²) >= 11 is 0. The highest BCUT2D eigenvalue weighted by molar-refractivity contribution is 5.76. The van der Waals surface area contributed by atoms with Crippen LogP contribution in [0.4, 0.5) is 4.79 Å². The highest BCUT2D eigenvalue weighted by Gasteiger charge is 2.24. The fourth-order valence-corrected chi connectivity index (χ4v) is 3.83. The lowest BCUT2D eigenvalue weighted by molar-refractivity contribution is 0.186. The van der Waals surface area contributed by atoms with Crippen molar-refractivity contribution < 1.29 is 4.79 Å². The Morgan fingerprint density at radius 2 is 2.07 bits per heavy atom. The van der Waals surface area contributed by atoms with Crippen molar-refractivity contribution >= 4 is 17.1 Å². The number of H-pyrrole nitrogens is 1. The van der Waals surface area contributed by atoms with E-state index in [1.807, 2.05) is 12.1 Å². The van der Waals surface area contributed by atoms with Crippen molar-refractivity contribution in [3.8, 4) is 0 Å². The summed E-state index contributed by atoms with van der Waals surface area (Å²) in [5, 5.41) is 3.08. The number of aryl methyl sites for hydroxylation is 1. The van der Waals surface area contributed by atoms with Crippen molar-refractivity contribution in [3.63, 3.8) is 0 Å². The van der Waals surface area contributed by atoms with Gasteiger partial charge in [-0.1, -0.05) is 30.3 Å². The van der Waals surface area contributed by atoms with Crippen molar-refractivity contribution in [2.24, 2.45) is 0 Å². The number of benzene rings is 2. The van der Waals surface area contributed by atoms with E-state index >= 15 is 0 Å². The minimum Gasteiger partial charge on any atom is -0.340 e. The molecule has 0 saturated carbocycles. The first-order valence-electron chi connectivity index (χ1n) is 9.71. The van der Waals surface area contributed by atoms with Crippen LogP contribution >= 0.6 is 0 Å². The van der Waals surface area contributed by atoms with Crippen LogP contribution in [0.15, 0.2) is 42.5 Å². The molecule has 1 aliphatic heterocycles. The highest BCUT2D eigenvalue weighted by Crippen LogP contribution is 2.21. The first kappa shape index (κ1) is 18.5. The predicted molar refractivity (Wildman–Crippen MR) is 111 cm³/mol. The van der Waals surface area contributed by atoms with E-state index in [1.54, 1.807) is 11.9 Å². The summed E-state index contributed by atoms with van der Waals surface area (Å²) in [7, 11) is 3.92. The minimum atomic E-state index is -0.0797. The molecule has 0 aliphatic carbocycles. The molecular weight excluding hydrogens is 350 g/mol. The normalized spacial score (nSPS) is 16.8. The maximum absolute atomic E-state index is 12.6. The van der Waals surface area contributed by atoms with Crippen molar-refractivity contribution in [2.75, 3.05) is 20.6 Å². The van der Waals surface area contributed by atoms with Gasteiger partial charge in [0.2, 0.25) is 0 Å². The molecule has 2 heterocycles. The molecule has 0 fully saturated rings. The lowest BCUT2D eigenvalue weighted by Crippen LogP contribution is -2.48. The van der Waals surface area contributed by atoms with E-state index < -0.39 is 0 Å². The van der Waals surface area contributed by atoms with Crippen LogP contribution in [0.3, 0.4) is 0 Å². The molecule has 146 valence electrons. The molecule has 0 unspecified atom stereocenters. The molecule has 2 amide bonds. The van der Waals surface area contributed by atoms with Gasteiger partial charge < -0.3 is 15.2 Å². The number of aromatic nitrogens is 2. The molecule has 3 aromatic rings. The number of carbonyl (C=O) groups is 1. The van der Waals surface area contributed by atoms with E-state index in [1.165, 1.54) is 16.7 Å². The number of carbonyl (C=O) groups excluding carboxylic acids is 1. The number of hydrogen-bond acceptors (Lipinski definition) is 3. The number of nitrogens with zero attached hydrogens (tertiary/aromatic N) is 3. The van der Waals surface area contributed by atoms with Gasteiger partial charge in [0, 0.05) is 26.2 Å². The Morgan fingerprint density at radius 3 is 2.89 bits per heavy atom. The molecule has 2 aromatic carbocycles. The second-order valence-electron chi connectivity index (χ2n) is 7.79. The molecule has 28 heavy (non-hydrogen) atoms. The van der Waals surface area contributed by atoms with Gasteiger partial charge in [0.15, 0.2) is 0 Å². The quantitative estimate of drug-likeness (QED) is 0.734.